The van der Waals surface area contributed by atoms with Crippen molar-refractivity contribution < 1.29 is 14.3 Å². The number of nitrogens with two attached hydrogens (primary N) is 1. The number of alkyl halides is 1. The third-order valence-electron chi connectivity index (χ3n) is 3.54. The van der Waals surface area contributed by atoms with Crippen LogP contribution in [-0.4, -0.2) is 39.6 Å². The predicted octanol–water partition coefficient (Wildman–Crippen LogP) is -0.828. The number of hydrogen-bond acceptors (Lipinski definition) is 5. The van der Waals surface area contributed by atoms with Crippen molar-refractivity contribution in [2.45, 2.75) is 24.9 Å². The Morgan fingerprint density at radius 1 is 1.61 bits per heavy atom. The topological polar surface area (TPSA) is 105 Å². The first-order valence-corrected chi connectivity index (χ1v) is 5.76. The minimum absolute atomic E-state index is 0.165. The highest BCUT2D eigenvalue weighted by Crippen LogP contribution is 2.42. The Bertz CT molecular complexity index is 491. The van der Waals surface area contributed by atoms with E-state index in [1.165, 1.54) is 6.33 Å². The van der Waals surface area contributed by atoms with Crippen molar-refractivity contribution in [2.24, 2.45) is 11.7 Å². The summed E-state index contributed by atoms with van der Waals surface area (Å²) in [6.07, 6.45) is 0.127. The number of fused-ring (bicyclic) bond motifs is 1. The van der Waals surface area contributed by atoms with Gasteiger partial charge in [-0.15, -0.1) is 0 Å². The Balaban J connectivity index is 1.89. The molecule has 0 spiro atoms. The van der Waals surface area contributed by atoms with E-state index in [9.17, 15) is 9.18 Å². The largest absolute Gasteiger partial charge is 0.396 e. The van der Waals surface area contributed by atoms with Gasteiger partial charge in [-0.25, -0.2) is 9.37 Å². The zero-order valence-corrected chi connectivity index (χ0v) is 9.51. The van der Waals surface area contributed by atoms with Crippen LogP contribution in [0.25, 0.3) is 0 Å². The van der Waals surface area contributed by atoms with Crippen LogP contribution in [-0.2, 0) is 0 Å². The molecule has 1 fully saturated rings. The molecule has 1 aliphatic heterocycles. The average molecular weight is 255 g/mol. The number of hydrogen-bond donors (Lipinski definition) is 4. The lowest BCUT2D eigenvalue weighted by atomic mass is 9.78. The standard InChI is InChI=1S/C10H14FN5O2/c11-6-4(2-17)1-5(6)16-3-13-7-8(16)14-10(12)15-9(7)18/h3-6,10,14,17H,1-2,12H2,(H,15,18)/t4-,5-,6?,10?/m1/s1. The molecule has 98 valence electrons. The summed E-state index contributed by atoms with van der Waals surface area (Å²) in [7, 11) is 0. The Morgan fingerprint density at radius 3 is 3.06 bits per heavy atom. The number of carbonyl (C=O) groups is 1. The maximum Gasteiger partial charge on any atom is 0.276 e. The Kier molecular flexibility index (Phi) is 2.49. The van der Waals surface area contributed by atoms with E-state index < -0.39 is 18.5 Å². The molecule has 0 aromatic carbocycles. The van der Waals surface area contributed by atoms with Crippen LogP contribution in [0.3, 0.4) is 0 Å². The Hall–Kier alpha value is -1.67. The molecular weight excluding hydrogens is 241 g/mol. The molecule has 3 rings (SSSR count). The summed E-state index contributed by atoms with van der Waals surface area (Å²) in [6, 6.07) is -0.399. The minimum atomic E-state index is -1.13. The number of rotatable bonds is 2. The lowest BCUT2D eigenvalue weighted by molar-refractivity contribution is 0.00243. The first kappa shape index (κ1) is 11.4. The average Bonchev–Trinajstić information content (AvgIpc) is 2.72. The van der Waals surface area contributed by atoms with Gasteiger partial charge < -0.3 is 20.3 Å². The molecule has 4 atom stereocenters. The number of aliphatic hydroxyl groups excluding tert-OH is 1. The van der Waals surface area contributed by atoms with Crippen LogP contribution in [0.15, 0.2) is 6.33 Å². The van der Waals surface area contributed by atoms with Crippen molar-refractivity contribution >= 4 is 11.7 Å². The number of anilines is 1. The molecule has 0 radical (unpaired) electrons. The summed E-state index contributed by atoms with van der Waals surface area (Å²) in [5.74, 6) is -0.266. The molecule has 1 aliphatic carbocycles. The van der Waals surface area contributed by atoms with E-state index >= 15 is 0 Å². The summed E-state index contributed by atoms with van der Waals surface area (Å²) in [5, 5.41) is 14.3. The molecule has 1 amide bonds. The summed E-state index contributed by atoms with van der Waals surface area (Å²) in [4.78, 5) is 15.6. The third kappa shape index (κ3) is 1.49. The zero-order valence-electron chi connectivity index (χ0n) is 9.51. The molecule has 2 unspecified atom stereocenters. The van der Waals surface area contributed by atoms with Crippen molar-refractivity contribution in [1.82, 2.24) is 14.9 Å². The molecule has 1 aromatic rings. The molecule has 2 heterocycles. The summed E-state index contributed by atoms with van der Waals surface area (Å²) >= 11 is 0. The molecule has 5 N–H and O–H groups in total. The van der Waals surface area contributed by atoms with Crippen molar-refractivity contribution in [3.63, 3.8) is 0 Å². The van der Waals surface area contributed by atoms with Crippen LogP contribution in [0.2, 0.25) is 0 Å². The van der Waals surface area contributed by atoms with Crippen LogP contribution in [0.1, 0.15) is 23.0 Å². The second-order valence-corrected chi connectivity index (χ2v) is 4.63. The molecule has 8 heteroatoms. The maximum atomic E-state index is 13.8. The van der Waals surface area contributed by atoms with Crippen molar-refractivity contribution in [2.75, 3.05) is 11.9 Å². The first-order chi connectivity index (χ1) is 8.61. The van der Waals surface area contributed by atoms with Gasteiger partial charge in [-0.05, 0) is 6.42 Å². The predicted molar refractivity (Wildman–Crippen MR) is 60.4 cm³/mol. The van der Waals surface area contributed by atoms with E-state index in [4.69, 9.17) is 10.8 Å². The van der Waals surface area contributed by atoms with E-state index in [1.807, 2.05) is 0 Å². The SMILES string of the molecule is NC1NC(=O)c2ncn([C@@H]3C[C@H](CO)C3F)c2N1. The van der Waals surface area contributed by atoms with Crippen molar-refractivity contribution in [1.29, 1.82) is 0 Å². The van der Waals surface area contributed by atoms with Crippen LogP contribution in [0, 0.1) is 5.92 Å². The minimum Gasteiger partial charge on any atom is -0.396 e. The lowest BCUT2D eigenvalue weighted by Crippen LogP contribution is -2.52. The molecule has 7 nitrogen and oxygen atoms in total. The van der Waals surface area contributed by atoms with Gasteiger partial charge in [-0.2, -0.15) is 0 Å². The van der Waals surface area contributed by atoms with Crippen molar-refractivity contribution in [3.05, 3.63) is 12.0 Å². The first-order valence-electron chi connectivity index (χ1n) is 5.76. The Labute approximate surface area is 102 Å². The van der Waals surface area contributed by atoms with Crippen LogP contribution >= 0.6 is 0 Å². The highest BCUT2D eigenvalue weighted by molar-refractivity contribution is 5.99. The van der Waals surface area contributed by atoms with E-state index in [1.54, 1.807) is 4.57 Å². The normalized spacial score (nSPS) is 34.3. The number of amides is 1. The summed E-state index contributed by atoms with van der Waals surface area (Å²) < 4.78 is 15.4. The van der Waals surface area contributed by atoms with Gasteiger partial charge in [0.05, 0.1) is 12.4 Å². The molecule has 1 saturated carbocycles. The third-order valence-corrected chi connectivity index (χ3v) is 3.54. The van der Waals surface area contributed by atoms with E-state index in [-0.39, 0.29) is 24.1 Å². The second-order valence-electron chi connectivity index (χ2n) is 4.63. The van der Waals surface area contributed by atoms with Gasteiger partial charge >= 0.3 is 0 Å². The van der Waals surface area contributed by atoms with Gasteiger partial charge in [0.2, 0.25) is 0 Å². The zero-order chi connectivity index (χ0) is 12.9. The van der Waals surface area contributed by atoms with Gasteiger partial charge in [-0.1, -0.05) is 0 Å². The summed E-state index contributed by atoms with van der Waals surface area (Å²) in [6.45, 7) is -0.165. The quantitative estimate of drug-likeness (QED) is 0.552. The lowest BCUT2D eigenvalue weighted by Gasteiger charge is -2.40. The van der Waals surface area contributed by atoms with E-state index in [0.717, 1.165) is 0 Å². The van der Waals surface area contributed by atoms with Crippen LogP contribution < -0.4 is 16.4 Å². The fraction of sp³-hybridized carbons (Fsp3) is 0.600. The smallest absolute Gasteiger partial charge is 0.276 e. The fourth-order valence-electron chi connectivity index (χ4n) is 2.45. The summed E-state index contributed by atoms with van der Waals surface area (Å²) in [5.41, 5.74) is 5.82. The number of nitrogens with one attached hydrogen (secondary N) is 2. The van der Waals surface area contributed by atoms with E-state index in [0.29, 0.717) is 12.2 Å². The fourth-order valence-corrected chi connectivity index (χ4v) is 2.45. The monoisotopic (exact) mass is 255 g/mol. The van der Waals surface area contributed by atoms with Gasteiger partial charge in [0.25, 0.3) is 5.91 Å². The molecule has 0 saturated heterocycles. The highest BCUT2D eigenvalue weighted by Gasteiger charge is 2.44. The molecule has 2 aliphatic rings. The number of nitrogens with zero attached hydrogens (tertiary/aromatic N) is 2. The highest BCUT2D eigenvalue weighted by atomic mass is 19.1. The van der Waals surface area contributed by atoms with Crippen molar-refractivity contribution in [3.8, 4) is 0 Å². The molecule has 18 heavy (non-hydrogen) atoms. The van der Waals surface area contributed by atoms with Crippen LogP contribution in [0.5, 0.6) is 0 Å². The number of halogens is 1. The maximum absolute atomic E-state index is 13.8. The molecule has 1 aromatic heterocycles. The van der Waals surface area contributed by atoms with Gasteiger partial charge in [0, 0.05) is 12.5 Å². The van der Waals surface area contributed by atoms with E-state index in [2.05, 4.69) is 15.6 Å². The van der Waals surface area contributed by atoms with Gasteiger partial charge in [-0.3, -0.25) is 10.5 Å². The molecule has 0 bridgehead atoms. The van der Waals surface area contributed by atoms with Gasteiger partial charge in [0.15, 0.2) is 12.0 Å². The number of aliphatic hydroxyl groups is 1. The van der Waals surface area contributed by atoms with Gasteiger partial charge in [0.1, 0.15) is 12.0 Å². The second kappa shape index (κ2) is 3.92. The van der Waals surface area contributed by atoms with Crippen LogP contribution in [0.4, 0.5) is 10.2 Å². The number of carbonyl (C=O) groups excluding carboxylic acids is 1. The Morgan fingerprint density at radius 2 is 2.39 bits per heavy atom. The number of aromatic nitrogens is 2. The molecular formula is C10H14FN5O2. The number of imidazole rings is 1.